The molecule has 2 heteroatoms. The van der Waals surface area contributed by atoms with Gasteiger partial charge in [-0.15, -0.1) is 0 Å². The van der Waals surface area contributed by atoms with E-state index in [1.54, 1.807) is 0 Å². The minimum atomic E-state index is 0.107. The highest BCUT2D eigenvalue weighted by Crippen LogP contribution is 2.29. The maximum absolute atomic E-state index is 6.23. The van der Waals surface area contributed by atoms with Crippen molar-refractivity contribution in [2.75, 3.05) is 11.9 Å². The monoisotopic (exact) mass is 325 g/mol. The Labute approximate surface area is 147 Å². The maximum atomic E-state index is 6.23. The lowest BCUT2D eigenvalue weighted by atomic mass is 9.98. The summed E-state index contributed by atoms with van der Waals surface area (Å²) in [6.45, 7) is 11.8. The van der Waals surface area contributed by atoms with Gasteiger partial charge in [0.05, 0.1) is 6.54 Å². The Morgan fingerprint density at radius 1 is 0.875 bits per heavy atom. The lowest BCUT2D eigenvalue weighted by Gasteiger charge is -2.22. The van der Waals surface area contributed by atoms with E-state index in [4.69, 9.17) is 4.74 Å². The van der Waals surface area contributed by atoms with Gasteiger partial charge < -0.3 is 10.1 Å². The highest BCUT2D eigenvalue weighted by Gasteiger charge is 2.13. The van der Waals surface area contributed by atoms with Crippen molar-refractivity contribution < 1.29 is 4.74 Å². The first-order chi connectivity index (χ1) is 11.5. The SMILES string of the molecule is CC[C@@H](C)c1ccccc1O[C@@H](C)CNc1ccccc1C(C)C. The van der Waals surface area contributed by atoms with E-state index >= 15 is 0 Å². The predicted molar refractivity (Wildman–Crippen MR) is 104 cm³/mol. The Hall–Kier alpha value is -1.96. The number of anilines is 1. The van der Waals surface area contributed by atoms with Crippen LogP contribution in [0.3, 0.4) is 0 Å². The summed E-state index contributed by atoms with van der Waals surface area (Å²) in [7, 11) is 0. The van der Waals surface area contributed by atoms with E-state index in [1.807, 2.05) is 0 Å². The fourth-order valence-electron chi connectivity index (χ4n) is 2.89. The molecular formula is C22H31NO. The molecule has 0 aromatic heterocycles. The second-order valence-corrected chi connectivity index (χ2v) is 6.90. The first kappa shape index (κ1) is 18.4. The molecule has 0 aliphatic carbocycles. The van der Waals surface area contributed by atoms with Gasteiger partial charge in [-0.05, 0) is 48.4 Å². The van der Waals surface area contributed by atoms with Crippen LogP contribution < -0.4 is 10.1 Å². The summed E-state index contributed by atoms with van der Waals surface area (Å²) in [6, 6.07) is 16.9. The van der Waals surface area contributed by atoms with Gasteiger partial charge in [-0.1, -0.05) is 64.1 Å². The molecule has 0 bridgehead atoms. The molecule has 0 fully saturated rings. The Bertz CT molecular complexity index is 635. The Morgan fingerprint density at radius 3 is 2.17 bits per heavy atom. The van der Waals surface area contributed by atoms with Crippen molar-refractivity contribution in [3.05, 3.63) is 59.7 Å². The third-order valence-corrected chi connectivity index (χ3v) is 4.55. The number of rotatable bonds is 8. The molecule has 2 rings (SSSR count). The topological polar surface area (TPSA) is 21.3 Å². The second kappa shape index (κ2) is 8.77. The molecule has 0 saturated heterocycles. The summed E-state index contributed by atoms with van der Waals surface area (Å²) >= 11 is 0. The molecule has 0 radical (unpaired) electrons. The van der Waals surface area contributed by atoms with Crippen molar-refractivity contribution in [2.24, 2.45) is 0 Å². The molecule has 0 saturated carbocycles. The molecule has 0 unspecified atom stereocenters. The first-order valence-electron chi connectivity index (χ1n) is 9.11. The van der Waals surface area contributed by atoms with Gasteiger partial charge in [-0.25, -0.2) is 0 Å². The van der Waals surface area contributed by atoms with Gasteiger partial charge in [0.15, 0.2) is 0 Å². The molecule has 0 heterocycles. The molecule has 0 spiro atoms. The third-order valence-electron chi connectivity index (χ3n) is 4.55. The number of benzene rings is 2. The molecule has 0 aliphatic rings. The van der Waals surface area contributed by atoms with Crippen molar-refractivity contribution >= 4 is 5.69 Å². The first-order valence-corrected chi connectivity index (χ1v) is 9.11. The van der Waals surface area contributed by atoms with E-state index in [9.17, 15) is 0 Å². The zero-order valence-corrected chi connectivity index (χ0v) is 15.7. The molecule has 2 atom stereocenters. The van der Waals surface area contributed by atoms with Gasteiger partial charge >= 0.3 is 0 Å². The summed E-state index contributed by atoms with van der Waals surface area (Å²) in [6.07, 6.45) is 1.23. The van der Waals surface area contributed by atoms with E-state index in [0.29, 0.717) is 11.8 Å². The van der Waals surface area contributed by atoms with Crippen molar-refractivity contribution in [3.8, 4) is 5.75 Å². The smallest absolute Gasteiger partial charge is 0.123 e. The summed E-state index contributed by atoms with van der Waals surface area (Å²) in [5.74, 6) is 2.04. The van der Waals surface area contributed by atoms with Crippen LogP contribution in [-0.2, 0) is 0 Å². The number of hydrogen-bond acceptors (Lipinski definition) is 2. The average Bonchev–Trinajstić information content (AvgIpc) is 2.60. The van der Waals surface area contributed by atoms with Gasteiger partial charge in [0.1, 0.15) is 11.9 Å². The highest BCUT2D eigenvalue weighted by molar-refractivity contribution is 5.52. The van der Waals surface area contributed by atoms with Crippen LogP contribution in [0.5, 0.6) is 5.75 Å². The second-order valence-electron chi connectivity index (χ2n) is 6.90. The zero-order chi connectivity index (χ0) is 17.5. The molecule has 1 N–H and O–H groups in total. The molecule has 0 aliphatic heterocycles. The molecular weight excluding hydrogens is 294 g/mol. The van der Waals surface area contributed by atoms with Gasteiger partial charge in [-0.2, -0.15) is 0 Å². The van der Waals surface area contributed by atoms with E-state index in [2.05, 4.69) is 88.5 Å². The van der Waals surface area contributed by atoms with E-state index in [1.165, 1.54) is 16.8 Å². The summed E-state index contributed by atoms with van der Waals surface area (Å²) in [4.78, 5) is 0. The lowest BCUT2D eigenvalue weighted by molar-refractivity contribution is 0.231. The number of nitrogens with one attached hydrogen (secondary N) is 1. The quantitative estimate of drug-likeness (QED) is 0.623. The van der Waals surface area contributed by atoms with Crippen LogP contribution in [0.1, 0.15) is 64.0 Å². The van der Waals surface area contributed by atoms with Crippen LogP contribution in [-0.4, -0.2) is 12.6 Å². The zero-order valence-electron chi connectivity index (χ0n) is 15.7. The standard InChI is InChI=1S/C22H31NO/c1-6-17(4)20-12-8-10-14-22(20)24-18(5)15-23-21-13-9-7-11-19(21)16(2)3/h7-14,16-18,23H,6,15H2,1-5H3/t17-,18+/m1/s1. The van der Waals surface area contributed by atoms with Crippen LogP contribution in [0.25, 0.3) is 0 Å². The molecule has 0 amide bonds. The fourth-order valence-corrected chi connectivity index (χ4v) is 2.89. The number of ether oxygens (including phenoxy) is 1. The molecule has 2 aromatic carbocycles. The largest absolute Gasteiger partial charge is 0.489 e. The van der Waals surface area contributed by atoms with Crippen LogP contribution in [0, 0.1) is 0 Å². The minimum Gasteiger partial charge on any atom is -0.489 e. The van der Waals surface area contributed by atoms with E-state index in [-0.39, 0.29) is 6.10 Å². The Morgan fingerprint density at radius 2 is 1.50 bits per heavy atom. The van der Waals surface area contributed by atoms with Crippen LogP contribution in [0.15, 0.2) is 48.5 Å². The van der Waals surface area contributed by atoms with Crippen LogP contribution in [0.4, 0.5) is 5.69 Å². The van der Waals surface area contributed by atoms with Gasteiger partial charge in [0.2, 0.25) is 0 Å². The lowest BCUT2D eigenvalue weighted by Crippen LogP contribution is -2.23. The summed E-state index contributed by atoms with van der Waals surface area (Å²) in [5, 5.41) is 3.55. The minimum absolute atomic E-state index is 0.107. The van der Waals surface area contributed by atoms with Gasteiger partial charge in [-0.3, -0.25) is 0 Å². The molecule has 2 aromatic rings. The molecule has 130 valence electrons. The van der Waals surface area contributed by atoms with Crippen LogP contribution >= 0.6 is 0 Å². The third kappa shape index (κ3) is 4.77. The van der Waals surface area contributed by atoms with Crippen molar-refractivity contribution in [3.63, 3.8) is 0 Å². The molecule has 2 nitrogen and oxygen atoms in total. The number of hydrogen-bond donors (Lipinski definition) is 1. The Kier molecular flexibility index (Phi) is 6.72. The normalized spacial score (nSPS) is 13.6. The van der Waals surface area contributed by atoms with Crippen LogP contribution in [0.2, 0.25) is 0 Å². The van der Waals surface area contributed by atoms with Gasteiger partial charge in [0.25, 0.3) is 0 Å². The van der Waals surface area contributed by atoms with Gasteiger partial charge in [0, 0.05) is 5.69 Å². The fraction of sp³-hybridized carbons (Fsp3) is 0.455. The van der Waals surface area contributed by atoms with Crippen molar-refractivity contribution in [1.82, 2.24) is 0 Å². The van der Waals surface area contributed by atoms with E-state index < -0.39 is 0 Å². The predicted octanol–water partition coefficient (Wildman–Crippen LogP) is 6.20. The van der Waals surface area contributed by atoms with Crippen molar-refractivity contribution in [1.29, 1.82) is 0 Å². The Balaban J connectivity index is 2.01. The van der Waals surface area contributed by atoms with Crippen molar-refractivity contribution in [2.45, 2.75) is 59.0 Å². The maximum Gasteiger partial charge on any atom is 0.123 e. The summed E-state index contributed by atoms with van der Waals surface area (Å²) in [5.41, 5.74) is 3.86. The van der Waals surface area contributed by atoms with E-state index in [0.717, 1.165) is 18.7 Å². The highest BCUT2D eigenvalue weighted by atomic mass is 16.5. The molecule has 24 heavy (non-hydrogen) atoms. The number of para-hydroxylation sites is 2. The average molecular weight is 325 g/mol. The summed E-state index contributed by atoms with van der Waals surface area (Å²) < 4.78 is 6.23.